The van der Waals surface area contributed by atoms with Crippen LogP contribution in [-0.4, -0.2) is 94.5 Å². The van der Waals surface area contributed by atoms with Crippen LogP contribution in [0.1, 0.15) is 40.0 Å². The molecule has 1 heterocycles. The second kappa shape index (κ2) is 11.9. The molecule has 1 saturated carbocycles. The molecule has 0 unspecified atom stereocenters. The van der Waals surface area contributed by atoms with Crippen LogP contribution in [0.3, 0.4) is 0 Å². The summed E-state index contributed by atoms with van der Waals surface area (Å²) < 4.78 is 37.5. The molecule has 2 fully saturated rings. The third kappa shape index (κ3) is 8.63. The minimum absolute atomic E-state index is 0.0419. The van der Waals surface area contributed by atoms with E-state index in [1.807, 2.05) is 20.8 Å². The molecule has 0 atom stereocenters. The average molecular weight is 419 g/mol. The molecule has 2 rings (SSSR count). The molecule has 1 N–H and O–H groups in total. The Labute approximate surface area is 170 Å². The number of sulfonamides is 1. The first-order chi connectivity index (χ1) is 13.4. The lowest BCUT2D eigenvalue weighted by Crippen LogP contribution is -2.54. The van der Waals surface area contributed by atoms with E-state index in [9.17, 15) is 8.42 Å². The Balaban J connectivity index is 1.73. The lowest BCUT2D eigenvalue weighted by Gasteiger charge is -2.36. The summed E-state index contributed by atoms with van der Waals surface area (Å²) in [6.45, 7) is 11.5. The van der Waals surface area contributed by atoms with E-state index in [4.69, 9.17) is 9.47 Å². The van der Waals surface area contributed by atoms with Crippen LogP contribution in [-0.2, 0) is 19.5 Å². The molecule has 28 heavy (non-hydrogen) atoms. The molecule has 0 aromatic heterocycles. The molecule has 0 amide bonds. The minimum Gasteiger partial charge on any atom is -0.381 e. The maximum Gasteiger partial charge on any atom is 0.216 e. The van der Waals surface area contributed by atoms with Gasteiger partial charge in [0.1, 0.15) is 0 Å². The number of ether oxygens (including phenoxy) is 2. The van der Waals surface area contributed by atoms with Crippen molar-refractivity contribution in [2.45, 2.75) is 46.1 Å². The van der Waals surface area contributed by atoms with Gasteiger partial charge in [0.15, 0.2) is 5.96 Å². The normalized spacial score (nSPS) is 19.4. The Kier molecular flexibility index (Phi) is 9.98. The molecule has 0 aromatic rings. The van der Waals surface area contributed by atoms with E-state index in [-0.39, 0.29) is 18.5 Å². The molecule has 1 aliphatic carbocycles. The fourth-order valence-corrected chi connectivity index (χ4v) is 4.29. The van der Waals surface area contributed by atoms with Gasteiger partial charge in [-0.15, -0.1) is 0 Å². The predicted molar refractivity (Wildman–Crippen MR) is 112 cm³/mol. The van der Waals surface area contributed by atoms with Crippen LogP contribution in [0.5, 0.6) is 0 Å². The largest absolute Gasteiger partial charge is 0.381 e. The van der Waals surface area contributed by atoms with Crippen LogP contribution in [0.15, 0.2) is 4.99 Å². The highest BCUT2D eigenvalue weighted by Crippen LogP contribution is 2.28. The van der Waals surface area contributed by atoms with Crippen molar-refractivity contribution in [1.29, 1.82) is 0 Å². The van der Waals surface area contributed by atoms with Gasteiger partial charge in [-0.25, -0.2) is 8.42 Å². The van der Waals surface area contributed by atoms with Crippen molar-refractivity contribution in [3.05, 3.63) is 0 Å². The summed E-state index contributed by atoms with van der Waals surface area (Å²) in [5, 5.41) is 3.32. The third-order valence-corrected chi connectivity index (χ3v) is 6.65. The van der Waals surface area contributed by atoms with Crippen molar-refractivity contribution in [2.24, 2.45) is 10.9 Å². The van der Waals surface area contributed by atoms with E-state index in [1.54, 1.807) is 4.31 Å². The van der Waals surface area contributed by atoms with E-state index < -0.39 is 10.0 Å². The van der Waals surface area contributed by atoms with Gasteiger partial charge in [0.25, 0.3) is 0 Å². The average Bonchev–Trinajstić information content (AvgIpc) is 3.47. The van der Waals surface area contributed by atoms with Crippen molar-refractivity contribution in [1.82, 2.24) is 14.5 Å². The van der Waals surface area contributed by atoms with Gasteiger partial charge in [0.2, 0.25) is 10.0 Å². The van der Waals surface area contributed by atoms with Crippen LogP contribution in [0.4, 0.5) is 0 Å². The summed E-state index contributed by atoms with van der Waals surface area (Å²) in [6, 6.07) is 0. The maximum absolute atomic E-state index is 12.5. The Hall–Kier alpha value is -0.900. The van der Waals surface area contributed by atoms with Gasteiger partial charge < -0.3 is 19.7 Å². The third-order valence-electron chi connectivity index (χ3n) is 4.82. The second-order valence-corrected chi connectivity index (χ2v) is 9.82. The van der Waals surface area contributed by atoms with Crippen LogP contribution in [0.2, 0.25) is 0 Å². The standard InChI is InChI=1S/C19H38N4O4S/c1-4-20-19(21-8-5-13-26-16-18-6-7-18)22-9-11-23(12-10-22)28(24,25)15-14-27-17(2)3/h17-18H,4-16H2,1-3H3,(H,20,21). The molecular formula is C19H38N4O4S. The number of piperazine rings is 1. The van der Waals surface area contributed by atoms with Gasteiger partial charge >= 0.3 is 0 Å². The highest BCUT2D eigenvalue weighted by Gasteiger charge is 2.28. The van der Waals surface area contributed by atoms with Gasteiger partial charge in [-0.2, -0.15) is 4.31 Å². The monoisotopic (exact) mass is 418 g/mol. The van der Waals surface area contributed by atoms with E-state index in [0.717, 1.165) is 44.6 Å². The zero-order valence-corrected chi connectivity index (χ0v) is 18.5. The molecule has 8 nitrogen and oxygen atoms in total. The Morgan fingerprint density at radius 2 is 1.89 bits per heavy atom. The highest BCUT2D eigenvalue weighted by molar-refractivity contribution is 7.89. The minimum atomic E-state index is -3.26. The van der Waals surface area contributed by atoms with Crippen molar-refractivity contribution in [3.8, 4) is 0 Å². The summed E-state index contributed by atoms with van der Waals surface area (Å²) in [7, 11) is -3.26. The lowest BCUT2D eigenvalue weighted by molar-refractivity contribution is 0.0904. The number of nitrogens with one attached hydrogen (secondary N) is 1. The number of nitrogens with zero attached hydrogens (tertiary/aromatic N) is 3. The van der Waals surface area contributed by atoms with Crippen molar-refractivity contribution in [3.63, 3.8) is 0 Å². The summed E-state index contributed by atoms with van der Waals surface area (Å²) in [5.41, 5.74) is 0. The highest BCUT2D eigenvalue weighted by atomic mass is 32.2. The van der Waals surface area contributed by atoms with E-state index >= 15 is 0 Å². The van der Waals surface area contributed by atoms with Gasteiger partial charge in [-0.1, -0.05) is 0 Å². The molecule has 1 aliphatic heterocycles. The summed E-state index contributed by atoms with van der Waals surface area (Å²) in [4.78, 5) is 6.83. The summed E-state index contributed by atoms with van der Waals surface area (Å²) >= 11 is 0. The van der Waals surface area contributed by atoms with E-state index in [1.165, 1.54) is 12.8 Å². The predicted octanol–water partition coefficient (Wildman–Crippen LogP) is 1.14. The van der Waals surface area contributed by atoms with Crippen LogP contribution in [0, 0.1) is 5.92 Å². The Morgan fingerprint density at radius 1 is 1.18 bits per heavy atom. The fourth-order valence-electron chi connectivity index (χ4n) is 3.01. The van der Waals surface area contributed by atoms with Crippen molar-refractivity contribution >= 4 is 16.0 Å². The zero-order valence-electron chi connectivity index (χ0n) is 17.7. The molecule has 164 valence electrons. The summed E-state index contributed by atoms with van der Waals surface area (Å²) in [5.74, 6) is 1.70. The zero-order chi connectivity index (χ0) is 20.4. The number of aliphatic imine (C=N–C) groups is 1. The molecule has 0 aromatic carbocycles. The van der Waals surface area contributed by atoms with Gasteiger partial charge in [-0.3, -0.25) is 4.99 Å². The fraction of sp³-hybridized carbons (Fsp3) is 0.947. The first-order valence-corrected chi connectivity index (χ1v) is 12.2. The van der Waals surface area contributed by atoms with E-state index in [2.05, 4.69) is 15.2 Å². The quantitative estimate of drug-likeness (QED) is 0.291. The molecule has 2 aliphatic rings. The van der Waals surface area contributed by atoms with Gasteiger partial charge in [0.05, 0.1) is 18.5 Å². The topological polar surface area (TPSA) is 83.5 Å². The number of rotatable bonds is 12. The van der Waals surface area contributed by atoms with Gasteiger partial charge in [0, 0.05) is 52.5 Å². The molecule has 0 radical (unpaired) electrons. The Bertz CT molecular complexity index is 570. The maximum atomic E-state index is 12.5. The second-order valence-electron chi connectivity index (χ2n) is 7.73. The van der Waals surface area contributed by atoms with Crippen molar-refractivity contribution < 1.29 is 17.9 Å². The van der Waals surface area contributed by atoms with E-state index in [0.29, 0.717) is 26.2 Å². The van der Waals surface area contributed by atoms with Crippen molar-refractivity contribution in [2.75, 3.05) is 64.8 Å². The van der Waals surface area contributed by atoms with Crippen LogP contribution >= 0.6 is 0 Å². The first-order valence-electron chi connectivity index (χ1n) is 10.6. The number of guanidine groups is 1. The summed E-state index contributed by atoms with van der Waals surface area (Å²) in [6.07, 6.45) is 3.58. The lowest BCUT2D eigenvalue weighted by atomic mass is 10.4. The molecule has 1 saturated heterocycles. The number of hydrogen-bond donors (Lipinski definition) is 1. The molecule has 0 spiro atoms. The Morgan fingerprint density at radius 3 is 2.50 bits per heavy atom. The smallest absolute Gasteiger partial charge is 0.216 e. The van der Waals surface area contributed by atoms with Crippen LogP contribution < -0.4 is 5.32 Å². The first kappa shape index (κ1) is 23.4. The van der Waals surface area contributed by atoms with Gasteiger partial charge in [-0.05, 0) is 46.0 Å². The SMILES string of the molecule is CCNC(=NCCCOCC1CC1)N1CCN(S(=O)(=O)CCOC(C)C)CC1. The molecule has 0 bridgehead atoms. The molecule has 9 heteroatoms. The number of hydrogen-bond acceptors (Lipinski definition) is 5. The molecular weight excluding hydrogens is 380 g/mol. The van der Waals surface area contributed by atoms with Crippen LogP contribution in [0.25, 0.3) is 0 Å².